The molecule has 2 fully saturated rings. The molecule has 1 heterocycles. The van der Waals surface area contributed by atoms with Gasteiger partial charge in [-0.25, -0.2) is 0 Å². The molecule has 74 valence electrons. The minimum atomic E-state index is -0.600. The smallest absolute Gasteiger partial charge is 0.303 e. The maximum atomic E-state index is 10.8. The van der Waals surface area contributed by atoms with Crippen LogP contribution in [0.4, 0.5) is 0 Å². The molecule has 0 aromatic carbocycles. The Morgan fingerprint density at radius 1 is 1.54 bits per heavy atom. The maximum absolute atomic E-state index is 10.8. The third-order valence-corrected chi connectivity index (χ3v) is 4.81. The minimum Gasteiger partial charge on any atom is -0.481 e. The fraction of sp³-hybridized carbons (Fsp3) is 0.900. The third-order valence-electron chi connectivity index (χ3n) is 3.65. The van der Waals surface area contributed by atoms with Crippen molar-refractivity contribution in [3.63, 3.8) is 0 Å². The van der Waals surface area contributed by atoms with Gasteiger partial charge >= 0.3 is 5.97 Å². The molecule has 13 heavy (non-hydrogen) atoms. The van der Waals surface area contributed by atoms with Gasteiger partial charge < -0.3 is 5.11 Å². The molecule has 0 aromatic rings. The van der Waals surface area contributed by atoms with Crippen LogP contribution in [0.25, 0.3) is 0 Å². The van der Waals surface area contributed by atoms with Gasteiger partial charge in [0.1, 0.15) is 0 Å². The van der Waals surface area contributed by atoms with E-state index >= 15 is 0 Å². The highest BCUT2D eigenvalue weighted by molar-refractivity contribution is 7.99. The molecule has 2 aliphatic rings. The molecule has 1 unspecified atom stereocenters. The van der Waals surface area contributed by atoms with Crippen LogP contribution in [-0.4, -0.2) is 22.6 Å². The van der Waals surface area contributed by atoms with Crippen LogP contribution in [0.3, 0.4) is 0 Å². The van der Waals surface area contributed by atoms with Crippen molar-refractivity contribution in [2.24, 2.45) is 11.3 Å². The summed E-state index contributed by atoms with van der Waals surface area (Å²) < 4.78 is 0. The first-order valence-electron chi connectivity index (χ1n) is 5.02. The van der Waals surface area contributed by atoms with Gasteiger partial charge in [-0.1, -0.05) is 6.42 Å². The van der Waals surface area contributed by atoms with E-state index in [1.807, 2.05) is 11.8 Å². The van der Waals surface area contributed by atoms with Gasteiger partial charge in [-0.05, 0) is 42.1 Å². The van der Waals surface area contributed by atoms with E-state index in [0.717, 1.165) is 12.8 Å². The van der Waals surface area contributed by atoms with E-state index in [0.29, 0.717) is 12.3 Å². The Hall–Kier alpha value is -0.180. The number of carbonyl (C=O) groups is 1. The number of hydrogen-bond acceptors (Lipinski definition) is 2. The molecule has 1 saturated heterocycles. The number of carboxylic acid groups (broad SMARTS) is 1. The fourth-order valence-electron chi connectivity index (χ4n) is 2.68. The van der Waals surface area contributed by atoms with Crippen molar-refractivity contribution in [2.45, 2.75) is 32.1 Å². The molecule has 0 aromatic heterocycles. The maximum Gasteiger partial charge on any atom is 0.303 e. The van der Waals surface area contributed by atoms with Gasteiger partial charge in [0.05, 0.1) is 6.42 Å². The summed E-state index contributed by atoms with van der Waals surface area (Å²) >= 11 is 1.99. The summed E-state index contributed by atoms with van der Waals surface area (Å²) in [6.07, 6.45) is 5.22. The van der Waals surface area contributed by atoms with Crippen molar-refractivity contribution < 1.29 is 9.90 Å². The fourth-order valence-corrected chi connectivity index (χ4v) is 4.10. The topological polar surface area (TPSA) is 37.3 Å². The Morgan fingerprint density at radius 3 is 2.69 bits per heavy atom. The van der Waals surface area contributed by atoms with E-state index in [4.69, 9.17) is 5.11 Å². The summed E-state index contributed by atoms with van der Waals surface area (Å²) in [6.45, 7) is 0. The van der Waals surface area contributed by atoms with Crippen LogP contribution >= 0.6 is 11.8 Å². The molecule has 1 saturated carbocycles. The molecular weight excluding hydrogens is 184 g/mol. The molecule has 1 N–H and O–H groups in total. The summed E-state index contributed by atoms with van der Waals surface area (Å²) in [7, 11) is 0. The third kappa shape index (κ3) is 1.71. The first-order chi connectivity index (χ1) is 6.23. The van der Waals surface area contributed by atoms with Gasteiger partial charge in [-0.3, -0.25) is 4.79 Å². The molecule has 1 aliphatic carbocycles. The Bertz CT molecular complexity index is 205. The molecule has 2 rings (SSSR count). The quantitative estimate of drug-likeness (QED) is 0.760. The van der Waals surface area contributed by atoms with Gasteiger partial charge in [0.15, 0.2) is 0 Å². The molecule has 0 amide bonds. The summed E-state index contributed by atoms with van der Waals surface area (Å²) in [6, 6.07) is 0. The van der Waals surface area contributed by atoms with Gasteiger partial charge in [-0.15, -0.1) is 0 Å². The van der Waals surface area contributed by atoms with Crippen molar-refractivity contribution in [3.05, 3.63) is 0 Å². The van der Waals surface area contributed by atoms with E-state index in [1.54, 1.807) is 0 Å². The molecule has 1 atom stereocenters. The second kappa shape index (κ2) is 3.52. The lowest BCUT2D eigenvalue weighted by atomic mass is 9.59. The van der Waals surface area contributed by atoms with Crippen LogP contribution in [0.15, 0.2) is 0 Å². The number of aliphatic carboxylic acids is 1. The van der Waals surface area contributed by atoms with Gasteiger partial charge in [-0.2, -0.15) is 11.8 Å². The van der Waals surface area contributed by atoms with Crippen LogP contribution in [0.2, 0.25) is 0 Å². The number of carboxylic acids is 1. The van der Waals surface area contributed by atoms with Gasteiger partial charge in [0.25, 0.3) is 0 Å². The van der Waals surface area contributed by atoms with Gasteiger partial charge in [0, 0.05) is 0 Å². The highest BCUT2D eigenvalue weighted by atomic mass is 32.2. The van der Waals surface area contributed by atoms with Crippen LogP contribution in [0.5, 0.6) is 0 Å². The van der Waals surface area contributed by atoms with E-state index < -0.39 is 5.97 Å². The van der Waals surface area contributed by atoms with E-state index in [1.165, 1.54) is 24.3 Å². The highest BCUT2D eigenvalue weighted by Gasteiger charge is 2.46. The first-order valence-corrected chi connectivity index (χ1v) is 6.18. The number of rotatable bonds is 3. The molecule has 0 bridgehead atoms. The van der Waals surface area contributed by atoms with Crippen LogP contribution in [0, 0.1) is 11.3 Å². The Labute approximate surface area is 83.1 Å². The number of thioether (sulfide) groups is 1. The second-order valence-corrected chi connectivity index (χ2v) is 5.50. The Balaban J connectivity index is 2.01. The average Bonchev–Trinajstić information content (AvgIpc) is 2.48. The number of hydrogen-bond donors (Lipinski definition) is 1. The highest BCUT2D eigenvalue weighted by Crippen LogP contribution is 2.53. The van der Waals surface area contributed by atoms with Gasteiger partial charge in [0.2, 0.25) is 0 Å². The zero-order valence-electron chi connectivity index (χ0n) is 7.79. The molecular formula is C10H16O2S. The van der Waals surface area contributed by atoms with Crippen molar-refractivity contribution in [2.75, 3.05) is 11.5 Å². The lowest BCUT2D eigenvalue weighted by Gasteiger charge is -2.45. The predicted molar refractivity (Wildman–Crippen MR) is 54.0 cm³/mol. The molecule has 3 heteroatoms. The van der Waals surface area contributed by atoms with E-state index in [9.17, 15) is 4.79 Å². The first kappa shape index (κ1) is 9.38. The SMILES string of the molecule is O=C(O)CC1(C2CCSC2)CCC1. The summed E-state index contributed by atoms with van der Waals surface area (Å²) in [5.74, 6) is 2.54. The average molecular weight is 200 g/mol. The second-order valence-electron chi connectivity index (χ2n) is 4.35. The van der Waals surface area contributed by atoms with Crippen LogP contribution in [0.1, 0.15) is 32.1 Å². The van der Waals surface area contributed by atoms with Crippen LogP contribution < -0.4 is 0 Å². The molecule has 0 spiro atoms. The van der Waals surface area contributed by atoms with E-state index in [2.05, 4.69) is 0 Å². The lowest BCUT2D eigenvalue weighted by molar-refractivity contribution is -0.142. The minimum absolute atomic E-state index is 0.204. The Morgan fingerprint density at radius 2 is 2.31 bits per heavy atom. The molecule has 0 radical (unpaired) electrons. The predicted octanol–water partition coefficient (Wildman–Crippen LogP) is 2.38. The lowest BCUT2D eigenvalue weighted by Crippen LogP contribution is -2.39. The van der Waals surface area contributed by atoms with Crippen molar-refractivity contribution >= 4 is 17.7 Å². The van der Waals surface area contributed by atoms with E-state index in [-0.39, 0.29) is 5.41 Å². The monoisotopic (exact) mass is 200 g/mol. The summed E-state index contributed by atoms with van der Waals surface area (Å²) in [4.78, 5) is 10.8. The zero-order chi connectivity index (χ0) is 9.31. The standard InChI is InChI=1S/C10H16O2S/c11-9(12)6-10(3-1-4-10)8-2-5-13-7-8/h8H,1-7H2,(H,11,12). The molecule has 1 aliphatic heterocycles. The molecule has 2 nitrogen and oxygen atoms in total. The summed E-state index contributed by atoms with van der Waals surface area (Å²) in [5.41, 5.74) is 0.204. The Kier molecular flexibility index (Phi) is 2.54. The summed E-state index contributed by atoms with van der Waals surface area (Å²) in [5, 5.41) is 8.87. The van der Waals surface area contributed by atoms with Crippen molar-refractivity contribution in [1.82, 2.24) is 0 Å². The zero-order valence-corrected chi connectivity index (χ0v) is 8.61. The van der Waals surface area contributed by atoms with Crippen molar-refractivity contribution in [1.29, 1.82) is 0 Å². The normalized spacial score (nSPS) is 31.2. The van der Waals surface area contributed by atoms with Crippen molar-refractivity contribution in [3.8, 4) is 0 Å². The van der Waals surface area contributed by atoms with Crippen LogP contribution in [-0.2, 0) is 4.79 Å². The largest absolute Gasteiger partial charge is 0.481 e.